The van der Waals surface area contributed by atoms with E-state index >= 15 is 0 Å². The van der Waals surface area contributed by atoms with Gasteiger partial charge in [-0.1, -0.05) is 5.16 Å². The topological polar surface area (TPSA) is 113 Å². The standard InChI is InChI=1S/C23H19N3O6S/c1-11-6-15(13(3)33-11)17-8-16(21-12(2)26-32-22(21)25-17)23(28)29-9-20(27)24-14-4-5-18-19(7-14)31-10-30-18/h4-8H,9-10H2,1-3H3,(H,24,27). The number of hydrogen-bond acceptors (Lipinski definition) is 9. The van der Waals surface area contributed by atoms with Gasteiger partial charge in [0.2, 0.25) is 6.79 Å². The number of nitrogens with one attached hydrogen (secondary N) is 1. The zero-order valence-electron chi connectivity index (χ0n) is 18.1. The maximum absolute atomic E-state index is 13.0. The van der Waals surface area contributed by atoms with Crippen LogP contribution in [0.25, 0.3) is 22.4 Å². The first-order valence-electron chi connectivity index (χ1n) is 10.1. The number of aromatic nitrogens is 2. The molecule has 168 valence electrons. The molecular weight excluding hydrogens is 446 g/mol. The number of thiophene rings is 1. The molecule has 10 heteroatoms. The van der Waals surface area contributed by atoms with Gasteiger partial charge in [-0.05, 0) is 45.0 Å². The van der Waals surface area contributed by atoms with E-state index in [1.165, 1.54) is 0 Å². The van der Waals surface area contributed by atoms with Gasteiger partial charge in [0.1, 0.15) is 0 Å². The summed E-state index contributed by atoms with van der Waals surface area (Å²) in [6.45, 7) is 5.39. The molecule has 1 aromatic carbocycles. The predicted molar refractivity (Wildman–Crippen MR) is 121 cm³/mol. The van der Waals surface area contributed by atoms with E-state index in [-0.39, 0.29) is 18.1 Å². The largest absolute Gasteiger partial charge is 0.454 e. The second-order valence-electron chi connectivity index (χ2n) is 7.52. The quantitative estimate of drug-likeness (QED) is 0.432. The summed E-state index contributed by atoms with van der Waals surface area (Å²) in [7, 11) is 0. The van der Waals surface area contributed by atoms with Crippen molar-refractivity contribution < 1.29 is 28.3 Å². The van der Waals surface area contributed by atoms with Crippen molar-refractivity contribution in [1.82, 2.24) is 10.1 Å². The van der Waals surface area contributed by atoms with Crippen LogP contribution in [0.4, 0.5) is 5.69 Å². The number of hydrogen-bond donors (Lipinski definition) is 1. The molecule has 1 aliphatic heterocycles. The zero-order chi connectivity index (χ0) is 23.1. The fourth-order valence-electron chi connectivity index (χ4n) is 3.66. The van der Waals surface area contributed by atoms with Crippen molar-refractivity contribution in [3.8, 4) is 22.8 Å². The summed E-state index contributed by atoms with van der Waals surface area (Å²) in [4.78, 5) is 32.0. The van der Waals surface area contributed by atoms with Crippen molar-refractivity contribution in [2.24, 2.45) is 0 Å². The Morgan fingerprint density at radius 1 is 1.12 bits per heavy atom. The number of amides is 1. The minimum Gasteiger partial charge on any atom is -0.454 e. The van der Waals surface area contributed by atoms with Gasteiger partial charge in [0, 0.05) is 27.1 Å². The summed E-state index contributed by atoms with van der Waals surface area (Å²) in [6.07, 6.45) is 0. The molecule has 0 radical (unpaired) electrons. The zero-order valence-corrected chi connectivity index (χ0v) is 18.9. The lowest BCUT2D eigenvalue weighted by molar-refractivity contribution is -0.119. The third-order valence-electron chi connectivity index (χ3n) is 5.14. The summed E-state index contributed by atoms with van der Waals surface area (Å²) in [5.41, 5.74) is 2.99. The Morgan fingerprint density at radius 2 is 1.94 bits per heavy atom. The lowest BCUT2D eigenvalue weighted by Crippen LogP contribution is -2.21. The molecule has 4 heterocycles. The number of carbonyl (C=O) groups is 2. The molecule has 4 aromatic rings. The van der Waals surface area contributed by atoms with Gasteiger partial charge < -0.3 is 24.1 Å². The Kier molecular flexibility index (Phi) is 5.21. The van der Waals surface area contributed by atoms with Crippen molar-refractivity contribution in [2.75, 3.05) is 18.7 Å². The smallest absolute Gasteiger partial charge is 0.339 e. The molecule has 0 saturated carbocycles. The van der Waals surface area contributed by atoms with Gasteiger partial charge in [-0.2, -0.15) is 0 Å². The first-order chi connectivity index (χ1) is 15.9. The molecular formula is C23H19N3O6S. The van der Waals surface area contributed by atoms with Gasteiger partial charge in [0.05, 0.1) is 22.3 Å². The highest BCUT2D eigenvalue weighted by Gasteiger charge is 2.22. The van der Waals surface area contributed by atoms with Gasteiger partial charge in [-0.3, -0.25) is 4.79 Å². The van der Waals surface area contributed by atoms with E-state index in [2.05, 4.69) is 15.5 Å². The van der Waals surface area contributed by atoms with Crippen molar-refractivity contribution in [1.29, 1.82) is 0 Å². The highest BCUT2D eigenvalue weighted by Crippen LogP contribution is 2.35. The van der Waals surface area contributed by atoms with Crippen LogP contribution in [0, 0.1) is 20.8 Å². The molecule has 1 aliphatic rings. The van der Waals surface area contributed by atoms with E-state index in [0.29, 0.717) is 34.0 Å². The second-order valence-corrected chi connectivity index (χ2v) is 8.98. The van der Waals surface area contributed by atoms with Gasteiger partial charge in [0.15, 0.2) is 18.1 Å². The maximum Gasteiger partial charge on any atom is 0.339 e. The van der Waals surface area contributed by atoms with Crippen LogP contribution < -0.4 is 14.8 Å². The van der Waals surface area contributed by atoms with Crippen LogP contribution in [-0.4, -0.2) is 35.4 Å². The second kappa shape index (κ2) is 8.21. The number of aryl methyl sites for hydroxylation is 3. The minimum atomic E-state index is -0.666. The monoisotopic (exact) mass is 465 g/mol. The molecule has 0 aliphatic carbocycles. The highest BCUT2D eigenvalue weighted by molar-refractivity contribution is 7.12. The predicted octanol–water partition coefficient (Wildman–Crippen LogP) is 4.40. The van der Waals surface area contributed by atoms with Gasteiger partial charge in [0.25, 0.3) is 11.6 Å². The Bertz CT molecular complexity index is 1410. The Morgan fingerprint density at radius 3 is 2.73 bits per heavy atom. The molecule has 3 aromatic heterocycles. The molecule has 0 bridgehead atoms. The number of rotatable bonds is 5. The average Bonchev–Trinajstić information content (AvgIpc) is 3.49. The van der Waals surface area contributed by atoms with Gasteiger partial charge in [-0.15, -0.1) is 11.3 Å². The van der Waals surface area contributed by atoms with Gasteiger partial charge in [-0.25, -0.2) is 9.78 Å². The van der Waals surface area contributed by atoms with Crippen LogP contribution in [0.2, 0.25) is 0 Å². The van der Waals surface area contributed by atoms with Gasteiger partial charge >= 0.3 is 5.97 Å². The third kappa shape index (κ3) is 4.00. The van der Waals surface area contributed by atoms with Crippen LogP contribution in [-0.2, 0) is 9.53 Å². The summed E-state index contributed by atoms with van der Waals surface area (Å²) < 4.78 is 21.2. The molecule has 33 heavy (non-hydrogen) atoms. The van der Waals surface area contributed by atoms with Crippen molar-refractivity contribution in [3.63, 3.8) is 0 Å². The van der Waals surface area contributed by atoms with E-state index in [4.69, 9.17) is 18.7 Å². The number of pyridine rings is 1. The first kappa shape index (κ1) is 21.0. The molecule has 1 amide bonds. The summed E-state index contributed by atoms with van der Waals surface area (Å²) in [5.74, 6) is -0.00468. The molecule has 5 rings (SSSR count). The lowest BCUT2D eigenvalue weighted by Gasteiger charge is -2.09. The maximum atomic E-state index is 13.0. The average molecular weight is 465 g/mol. The summed E-state index contributed by atoms with van der Waals surface area (Å²) >= 11 is 1.64. The summed E-state index contributed by atoms with van der Waals surface area (Å²) in [6, 6.07) is 8.68. The molecule has 9 nitrogen and oxygen atoms in total. The SMILES string of the molecule is Cc1cc(-c2cc(C(=O)OCC(=O)Nc3ccc4c(c3)OCO4)c3c(C)noc3n2)c(C)s1. The Labute approximate surface area is 192 Å². The number of ether oxygens (including phenoxy) is 3. The fourth-order valence-corrected chi connectivity index (χ4v) is 4.59. The molecule has 0 fully saturated rings. The van der Waals surface area contributed by atoms with E-state index in [1.54, 1.807) is 42.5 Å². The van der Waals surface area contributed by atoms with Crippen molar-refractivity contribution >= 4 is 40.0 Å². The van der Waals surface area contributed by atoms with Crippen LogP contribution >= 0.6 is 11.3 Å². The van der Waals surface area contributed by atoms with Crippen LogP contribution in [0.1, 0.15) is 25.8 Å². The van der Waals surface area contributed by atoms with E-state index < -0.39 is 18.5 Å². The molecule has 1 N–H and O–H groups in total. The van der Waals surface area contributed by atoms with Crippen molar-refractivity contribution in [2.45, 2.75) is 20.8 Å². The van der Waals surface area contributed by atoms with E-state index in [1.807, 2.05) is 19.9 Å². The van der Waals surface area contributed by atoms with Crippen molar-refractivity contribution in [3.05, 3.63) is 51.3 Å². The van der Waals surface area contributed by atoms with Crippen LogP contribution in [0.15, 0.2) is 34.9 Å². The fraction of sp³-hybridized carbons (Fsp3) is 0.217. The van der Waals surface area contributed by atoms with E-state index in [0.717, 1.165) is 15.3 Å². The number of carbonyl (C=O) groups excluding carboxylic acids is 2. The minimum absolute atomic E-state index is 0.138. The normalized spacial score (nSPS) is 12.2. The molecule has 0 unspecified atom stereocenters. The first-order valence-corrected chi connectivity index (χ1v) is 10.9. The number of fused-ring (bicyclic) bond motifs is 2. The highest BCUT2D eigenvalue weighted by atomic mass is 32.1. The number of esters is 1. The van der Waals surface area contributed by atoms with Crippen LogP contribution in [0.3, 0.4) is 0 Å². The third-order valence-corrected chi connectivity index (χ3v) is 6.11. The molecule has 0 saturated heterocycles. The van der Waals surface area contributed by atoms with Crippen LogP contribution in [0.5, 0.6) is 11.5 Å². The Hall–Kier alpha value is -3.92. The number of anilines is 1. The summed E-state index contributed by atoms with van der Waals surface area (Å²) in [5, 5.41) is 7.08. The number of nitrogens with zero attached hydrogens (tertiary/aromatic N) is 2. The lowest BCUT2D eigenvalue weighted by atomic mass is 10.1. The van der Waals surface area contributed by atoms with E-state index in [9.17, 15) is 9.59 Å². The molecule has 0 spiro atoms. The Balaban J connectivity index is 1.36. The molecule has 0 atom stereocenters. The number of benzene rings is 1.